The van der Waals surface area contributed by atoms with Crippen molar-refractivity contribution in [3.05, 3.63) is 54.4 Å². The van der Waals surface area contributed by atoms with E-state index in [1.165, 1.54) is 0 Å². The summed E-state index contributed by atoms with van der Waals surface area (Å²) in [5.74, 6) is -0.532. The number of halogens is 1. The normalized spacial score (nSPS) is 12.2. The van der Waals surface area contributed by atoms with E-state index in [1.807, 2.05) is 18.2 Å². The maximum absolute atomic E-state index is 14.4. The van der Waals surface area contributed by atoms with E-state index >= 15 is 0 Å². The Balaban J connectivity index is 2.09. The van der Waals surface area contributed by atoms with Crippen molar-refractivity contribution in [1.29, 1.82) is 0 Å². The fourth-order valence-electron chi connectivity index (χ4n) is 3.00. The van der Waals surface area contributed by atoms with Crippen LogP contribution < -0.4 is 0 Å². The third-order valence-corrected chi connectivity index (χ3v) is 4.03. The number of fused-ring (bicyclic) bond motifs is 3. The molecule has 0 saturated heterocycles. The van der Waals surface area contributed by atoms with Gasteiger partial charge in [-0.2, -0.15) is 0 Å². The van der Waals surface area contributed by atoms with E-state index in [2.05, 4.69) is 19.9 Å². The van der Waals surface area contributed by atoms with E-state index in [4.69, 9.17) is 0 Å². The van der Waals surface area contributed by atoms with Crippen molar-refractivity contribution < 1.29 is 9.50 Å². The van der Waals surface area contributed by atoms with Crippen LogP contribution >= 0.6 is 0 Å². The predicted molar refractivity (Wildman–Crippen MR) is 89.8 cm³/mol. The molecule has 0 bridgehead atoms. The van der Waals surface area contributed by atoms with E-state index in [1.54, 1.807) is 32.4 Å². The molecule has 0 aromatic carbocycles. The molecule has 4 aromatic heterocycles. The van der Waals surface area contributed by atoms with Crippen LogP contribution in [0.2, 0.25) is 0 Å². The molecule has 0 spiro atoms. The monoisotopic (exact) mass is 322 g/mol. The van der Waals surface area contributed by atoms with Gasteiger partial charge in [0, 0.05) is 34.3 Å². The number of nitrogens with one attached hydrogen (secondary N) is 1. The Hall–Kier alpha value is -2.86. The van der Waals surface area contributed by atoms with E-state index in [9.17, 15) is 9.50 Å². The van der Waals surface area contributed by atoms with Gasteiger partial charge in [-0.15, -0.1) is 0 Å². The van der Waals surface area contributed by atoms with Gasteiger partial charge in [0.05, 0.1) is 29.2 Å². The second-order valence-electron chi connectivity index (χ2n) is 6.25. The van der Waals surface area contributed by atoms with Gasteiger partial charge < -0.3 is 10.1 Å². The lowest BCUT2D eigenvalue weighted by Gasteiger charge is -2.19. The van der Waals surface area contributed by atoms with Crippen LogP contribution in [-0.2, 0) is 5.60 Å². The highest BCUT2D eigenvalue weighted by Crippen LogP contribution is 2.35. The number of nitrogens with zero attached hydrogens (tertiary/aromatic N) is 3. The van der Waals surface area contributed by atoms with Crippen molar-refractivity contribution in [2.24, 2.45) is 0 Å². The van der Waals surface area contributed by atoms with Gasteiger partial charge in [0.1, 0.15) is 11.5 Å². The lowest BCUT2D eigenvalue weighted by atomic mass is 9.94. The van der Waals surface area contributed by atoms with Gasteiger partial charge in [-0.1, -0.05) is 0 Å². The van der Waals surface area contributed by atoms with Crippen molar-refractivity contribution in [2.75, 3.05) is 0 Å². The first-order valence-corrected chi connectivity index (χ1v) is 7.54. The zero-order chi connectivity index (χ0) is 16.9. The molecular formula is C18H15FN4O. The van der Waals surface area contributed by atoms with Crippen LogP contribution in [0, 0.1) is 5.82 Å². The maximum Gasteiger partial charge on any atom is 0.148 e. The first kappa shape index (κ1) is 14.7. The molecule has 120 valence electrons. The second-order valence-corrected chi connectivity index (χ2v) is 6.25. The van der Waals surface area contributed by atoms with Crippen molar-refractivity contribution >= 4 is 21.9 Å². The lowest BCUT2D eigenvalue weighted by molar-refractivity contribution is 0.0762. The highest BCUT2D eigenvalue weighted by atomic mass is 19.1. The topological polar surface area (TPSA) is 74.7 Å². The zero-order valence-corrected chi connectivity index (χ0v) is 13.2. The molecule has 5 nitrogen and oxygen atoms in total. The Morgan fingerprint density at radius 3 is 2.71 bits per heavy atom. The van der Waals surface area contributed by atoms with Crippen LogP contribution in [0.3, 0.4) is 0 Å². The number of hydrogen-bond acceptors (Lipinski definition) is 4. The zero-order valence-electron chi connectivity index (χ0n) is 13.2. The molecule has 4 aromatic rings. The highest BCUT2D eigenvalue weighted by Gasteiger charge is 2.26. The molecular weight excluding hydrogens is 307 g/mol. The summed E-state index contributed by atoms with van der Waals surface area (Å²) >= 11 is 0. The van der Waals surface area contributed by atoms with Gasteiger partial charge in [-0.3, -0.25) is 9.97 Å². The molecule has 0 radical (unpaired) electrons. The van der Waals surface area contributed by atoms with Crippen LogP contribution in [-0.4, -0.2) is 25.0 Å². The molecule has 0 aliphatic carbocycles. The quantitative estimate of drug-likeness (QED) is 0.592. The predicted octanol–water partition coefficient (Wildman–Crippen LogP) is 3.54. The van der Waals surface area contributed by atoms with Gasteiger partial charge in [-0.25, -0.2) is 9.37 Å². The molecule has 0 atom stereocenters. The van der Waals surface area contributed by atoms with Gasteiger partial charge in [0.25, 0.3) is 0 Å². The van der Waals surface area contributed by atoms with Crippen LogP contribution in [0.1, 0.15) is 19.4 Å². The molecule has 0 unspecified atom stereocenters. The third-order valence-electron chi connectivity index (χ3n) is 4.03. The Bertz CT molecular complexity index is 1050. The first-order valence-electron chi connectivity index (χ1n) is 7.54. The summed E-state index contributed by atoms with van der Waals surface area (Å²) in [6.07, 6.45) is 6.23. The van der Waals surface area contributed by atoms with Crippen molar-refractivity contribution in [2.45, 2.75) is 19.4 Å². The summed E-state index contributed by atoms with van der Waals surface area (Å²) in [6, 6.07) is 5.60. The summed E-state index contributed by atoms with van der Waals surface area (Å²) in [5.41, 5.74) is 1.74. The number of aromatic nitrogens is 4. The minimum Gasteiger partial charge on any atom is -0.386 e. The Morgan fingerprint density at radius 1 is 1.17 bits per heavy atom. The maximum atomic E-state index is 14.4. The fraction of sp³-hybridized carbons (Fsp3) is 0.167. The van der Waals surface area contributed by atoms with Crippen LogP contribution in [0.4, 0.5) is 4.39 Å². The summed E-state index contributed by atoms with van der Waals surface area (Å²) < 4.78 is 14.4. The molecule has 0 amide bonds. The molecule has 0 aliphatic rings. The van der Waals surface area contributed by atoms with E-state index < -0.39 is 11.4 Å². The lowest BCUT2D eigenvalue weighted by Crippen LogP contribution is -2.18. The molecule has 0 saturated carbocycles. The Labute approximate surface area is 137 Å². The van der Waals surface area contributed by atoms with Crippen molar-refractivity contribution in [3.8, 4) is 11.3 Å². The molecule has 24 heavy (non-hydrogen) atoms. The van der Waals surface area contributed by atoms with E-state index in [0.29, 0.717) is 11.0 Å². The van der Waals surface area contributed by atoms with Gasteiger partial charge >= 0.3 is 0 Å². The number of rotatable bonds is 2. The smallest absolute Gasteiger partial charge is 0.148 e. The Kier molecular flexibility index (Phi) is 3.11. The van der Waals surface area contributed by atoms with Gasteiger partial charge in [0.2, 0.25) is 0 Å². The molecule has 2 N–H and O–H groups in total. The highest BCUT2D eigenvalue weighted by molar-refractivity contribution is 6.08. The summed E-state index contributed by atoms with van der Waals surface area (Å²) in [7, 11) is 0. The largest absolute Gasteiger partial charge is 0.386 e. The number of aromatic amines is 1. The summed E-state index contributed by atoms with van der Waals surface area (Å²) in [5, 5.41) is 11.8. The number of H-pyrrole nitrogens is 1. The average molecular weight is 322 g/mol. The standard InChI is InChI=1S/C18H15FN4O/c1-18(2,24)16-12(19)8-22-17-15(16)11-6-13(21-9-14(11)23-17)10-4-3-5-20-7-10/h3-9,24H,1-2H3,(H,22,23). The third kappa shape index (κ3) is 2.23. The molecule has 4 rings (SSSR count). The average Bonchev–Trinajstić information content (AvgIpc) is 2.92. The number of hydrogen-bond donors (Lipinski definition) is 2. The van der Waals surface area contributed by atoms with Crippen molar-refractivity contribution in [3.63, 3.8) is 0 Å². The minimum absolute atomic E-state index is 0.224. The molecule has 0 fully saturated rings. The number of aliphatic hydroxyl groups is 1. The SMILES string of the molecule is CC(C)(O)c1c(F)cnc2[nH]c3cnc(-c4cccnc4)cc3c12. The van der Waals surface area contributed by atoms with Crippen LogP contribution in [0.25, 0.3) is 33.2 Å². The van der Waals surface area contributed by atoms with Gasteiger partial charge in [0.15, 0.2) is 0 Å². The summed E-state index contributed by atoms with van der Waals surface area (Å²) in [6.45, 7) is 3.12. The van der Waals surface area contributed by atoms with Gasteiger partial charge in [-0.05, 0) is 32.0 Å². The van der Waals surface area contributed by atoms with Crippen LogP contribution in [0.15, 0.2) is 43.0 Å². The molecule has 4 heterocycles. The Morgan fingerprint density at radius 2 is 2.00 bits per heavy atom. The second kappa shape index (κ2) is 5.07. The van der Waals surface area contributed by atoms with Crippen molar-refractivity contribution in [1.82, 2.24) is 19.9 Å². The number of pyridine rings is 3. The minimum atomic E-state index is -1.34. The van der Waals surface area contributed by atoms with E-state index in [-0.39, 0.29) is 5.56 Å². The first-order chi connectivity index (χ1) is 11.4. The molecule has 6 heteroatoms. The molecule has 0 aliphatic heterocycles. The summed E-state index contributed by atoms with van der Waals surface area (Å²) in [4.78, 5) is 15.8. The fourth-order valence-corrected chi connectivity index (χ4v) is 3.00. The van der Waals surface area contributed by atoms with E-state index in [0.717, 1.165) is 28.4 Å². The van der Waals surface area contributed by atoms with Crippen LogP contribution in [0.5, 0.6) is 0 Å².